The number of likely N-dealkylation sites (tertiary alicyclic amines) is 1. The van der Waals surface area contributed by atoms with Gasteiger partial charge in [-0.1, -0.05) is 0 Å². The summed E-state index contributed by atoms with van der Waals surface area (Å²) in [4.78, 5) is 13.3. The Morgan fingerprint density at radius 3 is 2.57 bits per heavy atom. The van der Waals surface area contributed by atoms with Gasteiger partial charge >= 0.3 is 6.16 Å². The van der Waals surface area contributed by atoms with Crippen LogP contribution in [0.5, 0.6) is 0 Å². The summed E-state index contributed by atoms with van der Waals surface area (Å²) < 4.78 is 10.2. The van der Waals surface area contributed by atoms with Crippen LogP contribution in [0.15, 0.2) is 0 Å². The highest BCUT2D eigenvalue weighted by Crippen LogP contribution is 2.16. The van der Waals surface area contributed by atoms with E-state index in [0.29, 0.717) is 0 Å². The number of hydrogen-bond donors (Lipinski definition) is 0. The van der Waals surface area contributed by atoms with E-state index in [1.54, 1.807) is 0 Å². The number of nitrogens with zero attached hydrogens (tertiary/aromatic N) is 1. The second-order valence-electron chi connectivity index (χ2n) is 4.56. The van der Waals surface area contributed by atoms with E-state index >= 15 is 0 Å². The lowest BCUT2D eigenvalue weighted by Gasteiger charge is -2.20. The lowest BCUT2D eigenvalue weighted by molar-refractivity contribution is -0.0241. The van der Waals surface area contributed by atoms with Crippen LogP contribution < -0.4 is 0 Å². The van der Waals surface area contributed by atoms with Gasteiger partial charge in [0, 0.05) is 19.5 Å². The van der Waals surface area contributed by atoms with Gasteiger partial charge in [-0.3, -0.25) is 4.90 Å². The van der Waals surface area contributed by atoms with Crippen molar-refractivity contribution >= 4 is 6.16 Å². The summed E-state index contributed by atoms with van der Waals surface area (Å²) in [5.74, 6) is 0. The molecule has 0 aliphatic carbocycles. The molecule has 1 saturated heterocycles. The van der Waals surface area contributed by atoms with Gasteiger partial charge in [-0.15, -0.1) is 0 Å². The van der Waals surface area contributed by atoms with Crippen LogP contribution in [-0.4, -0.2) is 36.4 Å². The van der Waals surface area contributed by atoms with Crippen molar-refractivity contribution in [2.45, 2.75) is 38.9 Å². The van der Waals surface area contributed by atoms with Crippen LogP contribution in [0.4, 0.5) is 4.79 Å². The zero-order valence-electron chi connectivity index (χ0n) is 9.24. The van der Waals surface area contributed by atoms with Gasteiger partial charge in [0.2, 0.25) is 0 Å². The molecular weight excluding hydrogens is 182 g/mol. The molecule has 4 nitrogen and oxygen atoms in total. The Bertz CT molecular complexity index is 210. The van der Waals surface area contributed by atoms with Gasteiger partial charge < -0.3 is 9.47 Å². The van der Waals surface area contributed by atoms with E-state index < -0.39 is 11.8 Å². The van der Waals surface area contributed by atoms with E-state index in [2.05, 4.69) is 0 Å². The zero-order chi connectivity index (χ0) is 10.8. The Morgan fingerprint density at radius 1 is 1.50 bits per heavy atom. The third-order valence-corrected chi connectivity index (χ3v) is 1.82. The van der Waals surface area contributed by atoms with E-state index in [4.69, 9.17) is 9.47 Å². The smallest absolute Gasteiger partial charge is 0.430 e. The maximum atomic E-state index is 11.2. The molecule has 81 valence electrons. The molecular formula is C10H18NO3. The number of carbonyl (C=O) groups is 1. The molecule has 1 radical (unpaired) electrons. The quantitative estimate of drug-likeness (QED) is 0.605. The highest BCUT2D eigenvalue weighted by atomic mass is 16.7. The van der Waals surface area contributed by atoms with Crippen molar-refractivity contribution < 1.29 is 14.3 Å². The monoisotopic (exact) mass is 200 g/mol. The fraction of sp³-hybridized carbons (Fsp3) is 0.800. The van der Waals surface area contributed by atoms with Crippen LogP contribution in [0.2, 0.25) is 0 Å². The Morgan fingerprint density at radius 2 is 2.14 bits per heavy atom. The topological polar surface area (TPSA) is 38.8 Å². The summed E-state index contributed by atoms with van der Waals surface area (Å²) in [7, 11) is 1.96. The summed E-state index contributed by atoms with van der Waals surface area (Å²) >= 11 is 0. The van der Waals surface area contributed by atoms with Crippen molar-refractivity contribution in [1.29, 1.82) is 0 Å². The van der Waals surface area contributed by atoms with Crippen molar-refractivity contribution in [1.82, 2.24) is 4.90 Å². The van der Waals surface area contributed by atoms with Gasteiger partial charge in [-0.05, 0) is 27.8 Å². The van der Waals surface area contributed by atoms with Crippen LogP contribution >= 0.6 is 0 Å². The molecule has 1 rings (SSSR count). The van der Waals surface area contributed by atoms with Crippen molar-refractivity contribution in [2.75, 3.05) is 13.6 Å². The third-order valence-electron chi connectivity index (χ3n) is 1.82. The van der Waals surface area contributed by atoms with E-state index in [-0.39, 0.29) is 6.10 Å². The van der Waals surface area contributed by atoms with E-state index in [1.807, 2.05) is 39.3 Å². The molecule has 0 aromatic rings. The van der Waals surface area contributed by atoms with E-state index in [0.717, 1.165) is 13.0 Å². The first kappa shape index (κ1) is 11.3. The first-order valence-corrected chi connectivity index (χ1v) is 4.80. The van der Waals surface area contributed by atoms with Crippen LogP contribution in [-0.2, 0) is 9.47 Å². The van der Waals surface area contributed by atoms with Crippen LogP contribution in [0, 0.1) is 6.54 Å². The summed E-state index contributed by atoms with van der Waals surface area (Å²) in [5, 5.41) is 0. The molecule has 1 aliphatic heterocycles. The van der Waals surface area contributed by atoms with E-state index in [1.165, 1.54) is 0 Å². The summed E-state index contributed by atoms with van der Waals surface area (Å²) in [5.41, 5.74) is -0.481. The SMILES string of the molecule is CN1[CH]CC(OC(=O)OC(C)(C)C)C1. The van der Waals surface area contributed by atoms with Gasteiger partial charge in [0.25, 0.3) is 0 Å². The molecule has 0 aromatic heterocycles. The molecule has 4 heteroatoms. The summed E-state index contributed by atoms with van der Waals surface area (Å²) in [6.07, 6.45) is 0.136. The second-order valence-corrected chi connectivity index (χ2v) is 4.56. The molecule has 1 heterocycles. The van der Waals surface area contributed by atoms with Crippen LogP contribution in [0.3, 0.4) is 0 Å². The van der Waals surface area contributed by atoms with Crippen molar-refractivity contribution in [3.05, 3.63) is 6.54 Å². The van der Waals surface area contributed by atoms with Crippen LogP contribution in [0.1, 0.15) is 27.2 Å². The third kappa shape index (κ3) is 3.96. The van der Waals surface area contributed by atoms with Gasteiger partial charge in [-0.25, -0.2) is 4.79 Å². The predicted molar refractivity (Wildman–Crippen MR) is 52.7 cm³/mol. The van der Waals surface area contributed by atoms with Gasteiger partial charge in [0.15, 0.2) is 0 Å². The number of ether oxygens (including phenoxy) is 2. The Hall–Kier alpha value is -0.770. The molecule has 1 atom stereocenters. The molecule has 0 bridgehead atoms. The fourth-order valence-corrected chi connectivity index (χ4v) is 1.26. The van der Waals surface area contributed by atoms with Crippen molar-refractivity contribution in [3.8, 4) is 0 Å². The Balaban J connectivity index is 2.27. The molecule has 0 N–H and O–H groups in total. The van der Waals surface area contributed by atoms with E-state index in [9.17, 15) is 4.79 Å². The first-order chi connectivity index (χ1) is 6.37. The highest BCUT2D eigenvalue weighted by molar-refractivity contribution is 5.60. The second kappa shape index (κ2) is 4.17. The minimum Gasteiger partial charge on any atom is -0.430 e. The Labute approximate surface area is 85.2 Å². The first-order valence-electron chi connectivity index (χ1n) is 4.80. The summed E-state index contributed by atoms with van der Waals surface area (Å²) in [6.45, 7) is 8.22. The molecule has 1 unspecified atom stereocenters. The maximum Gasteiger partial charge on any atom is 0.509 e. The van der Waals surface area contributed by atoms with Gasteiger partial charge in [0.1, 0.15) is 11.7 Å². The molecule has 14 heavy (non-hydrogen) atoms. The number of rotatable bonds is 1. The molecule has 0 aromatic carbocycles. The number of likely N-dealkylation sites (N-methyl/N-ethyl adjacent to an activating group) is 1. The fourth-order valence-electron chi connectivity index (χ4n) is 1.26. The van der Waals surface area contributed by atoms with Gasteiger partial charge in [0.05, 0.1) is 0 Å². The number of hydrogen-bond acceptors (Lipinski definition) is 4. The predicted octanol–water partition coefficient (Wildman–Crippen LogP) is 1.80. The molecule has 0 spiro atoms. The maximum absolute atomic E-state index is 11.2. The zero-order valence-corrected chi connectivity index (χ0v) is 9.24. The minimum absolute atomic E-state index is 0.0603. The summed E-state index contributed by atoms with van der Waals surface area (Å²) in [6, 6.07) is 0. The standard InChI is InChI=1S/C10H18NO3/c1-10(2,3)14-9(12)13-8-5-6-11(4)7-8/h6,8H,5,7H2,1-4H3. The normalized spacial score (nSPS) is 23.6. The van der Waals surface area contributed by atoms with Crippen molar-refractivity contribution in [3.63, 3.8) is 0 Å². The van der Waals surface area contributed by atoms with Gasteiger partial charge in [-0.2, -0.15) is 0 Å². The minimum atomic E-state index is -0.578. The molecule has 0 amide bonds. The average Bonchev–Trinajstić information content (AvgIpc) is 2.30. The molecule has 1 aliphatic rings. The largest absolute Gasteiger partial charge is 0.509 e. The highest BCUT2D eigenvalue weighted by Gasteiger charge is 2.26. The lowest BCUT2D eigenvalue weighted by atomic mass is 10.2. The van der Waals surface area contributed by atoms with Crippen LogP contribution in [0.25, 0.3) is 0 Å². The lowest BCUT2D eigenvalue weighted by Crippen LogP contribution is -2.28. The molecule has 1 fully saturated rings. The Kier molecular flexibility index (Phi) is 3.37. The molecule has 0 saturated carbocycles. The average molecular weight is 200 g/mol. The number of carbonyl (C=O) groups excluding carboxylic acids is 1. The van der Waals surface area contributed by atoms with Crippen molar-refractivity contribution in [2.24, 2.45) is 0 Å².